The fraction of sp³-hybridized carbons (Fsp3) is 0.294. The summed E-state index contributed by atoms with van der Waals surface area (Å²) in [6.45, 7) is 5.60. The lowest BCUT2D eigenvalue weighted by Gasteiger charge is -2.17. The minimum Gasteiger partial charge on any atom is -0.353 e. The van der Waals surface area contributed by atoms with Crippen molar-refractivity contribution in [1.82, 2.24) is 15.2 Å². The molecule has 2 aromatic rings. The van der Waals surface area contributed by atoms with Gasteiger partial charge in [-0.3, -0.25) is 9.78 Å². The maximum absolute atomic E-state index is 11.6. The quantitative estimate of drug-likeness (QED) is 0.793. The average Bonchev–Trinajstić information content (AvgIpc) is 2.51. The molecule has 0 aliphatic heterocycles. The topological polar surface area (TPSA) is 45.2 Å². The number of aromatic nitrogens is 1. The normalized spacial score (nSPS) is 10.8. The Morgan fingerprint density at radius 2 is 2.19 bits per heavy atom. The van der Waals surface area contributed by atoms with Crippen molar-refractivity contribution >= 4 is 16.8 Å². The Balaban J connectivity index is 1.94. The van der Waals surface area contributed by atoms with Gasteiger partial charge in [0.25, 0.3) is 0 Å². The third-order valence-corrected chi connectivity index (χ3v) is 3.32. The van der Waals surface area contributed by atoms with E-state index in [0.29, 0.717) is 19.5 Å². The summed E-state index contributed by atoms with van der Waals surface area (Å²) in [5.74, 6) is 0.0535. The SMILES string of the molecule is C=CCNC(=O)CCN(C)Cc1cccc2cccnc12. The molecule has 110 valence electrons. The molecule has 4 nitrogen and oxygen atoms in total. The number of carbonyl (C=O) groups is 1. The maximum Gasteiger partial charge on any atom is 0.221 e. The van der Waals surface area contributed by atoms with Crippen LogP contribution in [0.1, 0.15) is 12.0 Å². The predicted molar refractivity (Wildman–Crippen MR) is 85.9 cm³/mol. The fourth-order valence-corrected chi connectivity index (χ4v) is 2.23. The number of nitrogens with zero attached hydrogens (tertiary/aromatic N) is 2. The number of pyridine rings is 1. The summed E-state index contributed by atoms with van der Waals surface area (Å²) in [6.07, 6.45) is 3.99. The van der Waals surface area contributed by atoms with Crippen LogP contribution in [0.25, 0.3) is 10.9 Å². The largest absolute Gasteiger partial charge is 0.353 e. The van der Waals surface area contributed by atoms with Crippen LogP contribution in [0.5, 0.6) is 0 Å². The molecule has 1 aromatic carbocycles. The number of benzene rings is 1. The van der Waals surface area contributed by atoms with Crippen LogP contribution in [0.2, 0.25) is 0 Å². The maximum atomic E-state index is 11.6. The van der Waals surface area contributed by atoms with Gasteiger partial charge in [0, 0.05) is 37.6 Å². The third kappa shape index (κ3) is 4.39. The monoisotopic (exact) mass is 283 g/mol. The number of para-hydroxylation sites is 1. The summed E-state index contributed by atoms with van der Waals surface area (Å²) in [5.41, 5.74) is 2.21. The zero-order chi connectivity index (χ0) is 15.1. The molecule has 1 heterocycles. The molecule has 0 atom stereocenters. The fourth-order valence-electron chi connectivity index (χ4n) is 2.23. The van der Waals surface area contributed by atoms with Crippen molar-refractivity contribution in [2.45, 2.75) is 13.0 Å². The number of amides is 1. The Bertz CT molecular complexity index is 619. The van der Waals surface area contributed by atoms with Crippen LogP contribution >= 0.6 is 0 Å². The Morgan fingerprint density at radius 1 is 1.38 bits per heavy atom. The Labute approximate surface area is 125 Å². The molecule has 0 saturated carbocycles. The number of hydrogen-bond acceptors (Lipinski definition) is 3. The zero-order valence-corrected chi connectivity index (χ0v) is 12.4. The van der Waals surface area contributed by atoms with Gasteiger partial charge in [-0.2, -0.15) is 0 Å². The first-order valence-electron chi connectivity index (χ1n) is 7.09. The number of carbonyl (C=O) groups excluding carboxylic acids is 1. The van der Waals surface area contributed by atoms with Crippen molar-refractivity contribution in [2.24, 2.45) is 0 Å². The van der Waals surface area contributed by atoms with Crippen LogP contribution in [0.4, 0.5) is 0 Å². The van der Waals surface area contributed by atoms with Crippen LogP contribution in [0.15, 0.2) is 49.2 Å². The Hall–Kier alpha value is -2.20. The van der Waals surface area contributed by atoms with Crippen LogP contribution < -0.4 is 5.32 Å². The van der Waals surface area contributed by atoms with Gasteiger partial charge < -0.3 is 10.2 Å². The molecule has 0 fully saturated rings. The molecule has 0 aliphatic rings. The molecule has 4 heteroatoms. The first kappa shape index (κ1) is 15.2. The summed E-state index contributed by atoms with van der Waals surface area (Å²) in [5, 5.41) is 3.93. The number of rotatable bonds is 7. The van der Waals surface area contributed by atoms with Gasteiger partial charge in [0.2, 0.25) is 5.91 Å². The van der Waals surface area contributed by atoms with E-state index >= 15 is 0 Å². The highest BCUT2D eigenvalue weighted by Gasteiger charge is 2.07. The molecule has 2 rings (SSSR count). The van der Waals surface area contributed by atoms with Crippen LogP contribution in [-0.2, 0) is 11.3 Å². The summed E-state index contributed by atoms with van der Waals surface area (Å²) in [4.78, 5) is 18.2. The summed E-state index contributed by atoms with van der Waals surface area (Å²) >= 11 is 0. The van der Waals surface area contributed by atoms with Gasteiger partial charge in [-0.15, -0.1) is 6.58 Å². The number of fused-ring (bicyclic) bond motifs is 1. The average molecular weight is 283 g/mol. The lowest BCUT2D eigenvalue weighted by atomic mass is 10.1. The molecule has 21 heavy (non-hydrogen) atoms. The molecular weight excluding hydrogens is 262 g/mol. The molecule has 1 N–H and O–H groups in total. The molecule has 0 aliphatic carbocycles. The van der Waals surface area contributed by atoms with E-state index in [2.05, 4.69) is 40.0 Å². The summed E-state index contributed by atoms with van der Waals surface area (Å²) < 4.78 is 0. The minimum absolute atomic E-state index is 0.0535. The first-order chi connectivity index (χ1) is 10.2. The van der Waals surface area contributed by atoms with E-state index in [-0.39, 0.29) is 5.91 Å². The van der Waals surface area contributed by atoms with E-state index in [4.69, 9.17) is 0 Å². The van der Waals surface area contributed by atoms with Crippen molar-refractivity contribution in [3.63, 3.8) is 0 Å². The summed E-state index contributed by atoms with van der Waals surface area (Å²) in [7, 11) is 2.02. The second kappa shape index (κ2) is 7.55. The van der Waals surface area contributed by atoms with Crippen molar-refractivity contribution in [2.75, 3.05) is 20.1 Å². The number of nitrogens with one attached hydrogen (secondary N) is 1. The predicted octanol–water partition coefficient (Wildman–Crippen LogP) is 2.36. The van der Waals surface area contributed by atoms with E-state index in [1.807, 2.05) is 25.4 Å². The van der Waals surface area contributed by atoms with Crippen LogP contribution in [0, 0.1) is 0 Å². The van der Waals surface area contributed by atoms with Gasteiger partial charge in [-0.25, -0.2) is 0 Å². The molecule has 1 aromatic heterocycles. The molecular formula is C17H21N3O. The van der Waals surface area contributed by atoms with Gasteiger partial charge in [-0.1, -0.05) is 30.3 Å². The summed E-state index contributed by atoms with van der Waals surface area (Å²) in [6, 6.07) is 10.2. The van der Waals surface area contributed by atoms with Gasteiger partial charge in [0.15, 0.2) is 0 Å². The molecule has 0 radical (unpaired) electrons. The molecule has 0 unspecified atom stereocenters. The van der Waals surface area contributed by atoms with Crippen molar-refractivity contribution in [1.29, 1.82) is 0 Å². The Morgan fingerprint density at radius 3 is 3.00 bits per heavy atom. The third-order valence-electron chi connectivity index (χ3n) is 3.32. The Kier molecular flexibility index (Phi) is 5.46. The van der Waals surface area contributed by atoms with E-state index < -0.39 is 0 Å². The van der Waals surface area contributed by atoms with Crippen LogP contribution in [0.3, 0.4) is 0 Å². The van der Waals surface area contributed by atoms with Gasteiger partial charge in [-0.05, 0) is 18.7 Å². The van der Waals surface area contributed by atoms with E-state index in [9.17, 15) is 4.79 Å². The van der Waals surface area contributed by atoms with Gasteiger partial charge in [0.05, 0.1) is 5.52 Å². The van der Waals surface area contributed by atoms with E-state index in [1.54, 1.807) is 6.08 Å². The second-order valence-corrected chi connectivity index (χ2v) is 5.07. The molecule has 0 saturated heterocycles. The van der Waals surface area contributed by atoms with Gasteiger partial charge >= 0.3 is 0 Å². The lowest BCUT2D eigenvalue weighted by Crippen LogP contribution is -2.28. The molecule has 0 spiro atoms. The van der Waals surface area contributed by atoms with E-state index in [1.165, 1.54) is 5.56 Å². The standard InChI is InChI=1S/C17H21N3O/c1-3-10-18-16(21)9-12-20(2)13-15-7-4-6-14-8-5-11-19-17(14)15/h3-8,11H,1,9-10,12-13H2,2H3,(H,18,21). The zero-order valence-electron chi connectivity index (χ0n) is 12.4. The molecule has 0 bridgehead atoms. The highest BCUT2D eigenvalue weighted by atomic mass is 16.1. The van der Waals surface area contributed by atoms with Crippen molar-refractivity contribution in [3.05, 3.63) is 54.7 Å². The van der Waals surface area contributed by atoms with Crippen molar-refractivity contribution < 1.29 is 4.79 Å². The minimum atomic E-state index is 0.0535. The smallest absolute Gasteiger partial charge is 0.221 e. The first-order valence-corrected chi connectivity index (χ1v) is 7.09. The van der Waals surface area contributed by atoms with Crippen LogP contribution in [-0.4, -0.2) is 35.9 Å². The lowest BCUT2D eigenvalue weighted by molar-refractivity contribution is -0.121. The molecule has 1 amide bonds. The van der Waals surface area contributed by atoms with Crippen molar-refractivity contribution in [3.8, 4) is 0 Å². The van der Waals surface area contributed by atoms with E-state index in [0.717, 1.165) is 17.4 Å². The highest BCUT2D eigenvalue weighted by Crippen LogP contribution is 2.17. The number of hydrogen-bond donors (Lipinski definition) is 1. The van der Waals surface area contributed by atoms with Gasteiger partial charge in [0.1, 0.15) is 0 Å². The highest BCUT2D eigenvalue weighted by molar-refractivity contribution is 5.81. The second-order valence-electron chi connectivity index (χ2n) is 5.07.